The number of hydrogen-bond donors (Lipinski definition) is 2. The third-order valence-electron chi connectivity index (χ3n) is 4.52. The van der Waals surface area contributed by atoms with Crippen LogP contribution in [0.2, 0.25) is 0 Å². The van der Waals surface area contributed by atoms with Gasteiger partial charge in [-0.1, -0.05) is 38.0 Å². The Morgan fingerprint density at radius 3 is 2.86 bits per heavy atom. The summed E-state index contributed by atoms with van der Waals surface area (Å²) in [5.41, 5.74) is 0.935. The summed E-state index contributed by atoms with van der Waals surface area (Å²) in [5, 5.41) is 13.6. The highest BCUT2D eigenvalue weighted by Crippen LogP contribution is 2.28. The number of hydrogen-bond acceptors (Lipinski definition) is 3. The molecule has 1 aromatic carbocycles. The smallest absolute Gasteiger partial charge is 0.339 e. The fourth-order valence-electron chi connectivity index (χ4n) is 3.30. The molecule has 0 spiro atoms. The first-order valence-corrected chi connectivity index (χ1v) is 7.64. The van der Waals surface area contributed by atoms with Gasteiger partial charge in [0.25, 0.3) is 0 Å². The van der Waals surface area contributed by atoms with Crippen LogP contribution in [-0.2, 0) is 6.54 Å². The van der Waals surface area contributed by atoms with E-state index in [1.807, 2.05) is 18.2 Å². The molecule has 1 heterocycles. The molecule has 2 atom stereocenters. The van der Waals surface area contributed by atoms with Crippen LogP contribution in [0.15, 0.2) is 28.7 Å². The molecule has 0 radical (unpaired) electrons. The van der Waals surface area contributed by atoms with Gasteiger partial charge in [0.2, 0.25) is 0 Å². The van der Waals surface area contributed by atoms with Crippen molar-refractivity contribution in [2.45, 2.75) is 45.2 Å². The van der Waals surface area contributed by atoms with Crippen molar-refractivity contribution < 1.29 is 14.3 Å². The second kappa shape index (κ2) is 5.90. The van der Waals surface area contributed by atoms with Crippen LogP contribution < -0.4 is 5.32 Å². The van der Waals surface area contributed by atoms with Crippen LogP contribution in [0, 0.1) is 5.92 Å². The van der Waals surface area contributed by atoms with E-state index in [0.29, 0.717) is 40.8 Å². The lowest BCUT2D eigenvalue weighted by molar-refractivity contribution is 0.0696. The standard InChI is InChI=1S/C17H21NO3/c1-11-6-2-4-8-13(11)18-10-15-16(17(19)20)12-7-3-5-9-14(12)21-15/h3,5,7,9,11,13,18H,2,4,6,8,10H2,1H3,(H,19,20). The van der Waals surface area contributed by atoms with E-state index < -0.39 is 5.97 Å². The Morgan fingerprint density at radius 1 is 1.33 bits per heavy atom. The predicted molar refractivity (Wildman–Crippen MR) is 81.4 cm³/mol. The maximum Gasteiger partial charge on any atom is 0.339 e. The molecule has 1 aliphatic carbocycles. The second-order valence-electron chi connectivity index (χ2n) is 5.95. The van der Waals surface area contributed by atoms with Gasteiger partial charge >= 0.3 is 5.97 Å². The summed E-state index contributed by atoms with van der Waals surface area (Å²) in [6, 6.07) is 7.76. The van der Waals surface area contributed by atoms with E-state index in [1.54, 1.807) is 6.07 Å². The van der Waals surface area contributed by atoms with Crippen molar-refractivity contribution in [1.29, 1.82) is 0 Å². The average molecular weight is 287 g/mol. The number of para-hydroxylation sites is 1. The Morgan fingerprint density at radius 2 is 2.10 bits per heavy atom. The summed E-state index contributed by atoms with van der Waals surface area (Å²) in [5.74, 6) is 0.242. The molecule has 21 heavy (non-hydrogen) atoms. The molecule has 1 aliphatic rings. The summed E-state index contributed by atoms with van der Waals surface area (Å²) >= 11 is 0. The van der Waals surface area contributed by atoms with Crippen LogP contribution in [0.3, 0.4) is 0 Å². The van der Waals surface area contributed by atoms with Crippen molar-refractivity contribution in [2.75, 3.05) is 0 Å². The number of carbonyl (C=O) groups is 1. The Labute approximate surface area is 124 Å². The lowest BCUT2D eigenvalue weighted by Crippen LogP contribution is -2.36. The molecule has 3 rings (SSSR count). The summed E-state index contributed by atoms with van der Waals surface area (Å²) in [7, 11) is 0. The Kier molecular flexibility index (Phi) is 3.97. The van der Waals surface area contributed by atoms with Gasteiger partial charge in [0.1, 0.15) is 16.9 Å². The van der Waals surface area contributed by atoms with Crippen molar-refractivity contribution in [3.8, 4) is 0 Å². The molecule has 112 valence electrons. The number of benzene rings is 1. The van der Waals surface area contributed by atoms with Crippen LogP contribution in [0.25, 0.3) is 11.0 Å². The minimum atomic E-state index is -0.923. The van der Waals surface area contributed by atoms with Gasteiger partial charge in [0.15, 0.2) is 0 Å². The number of rotatable bonds is 4. The van der Waals surface area contributed by atoms with E-state index in [-0.39, 0.29) is 0 Å². The van der Waals surface area contributed by atoms with Crippen LogP contribution in [0.4, 0.5) is 0 Å². The van der Waals surface area contributed by atoms with E-state index >= 15 is 0 Å². The topological polar surface area (TPSA) is 62.5 Å². The van der Waals surface area contributed by atoms with Crippen molar-refractivity contribution in [3.63, 3.8) is 0 Å². The number of carboxylic acid groups (broad SMARTS) is 1. The zero-order valence-corrected chi connectivity index (χ0v) is 12.3. The molecule has 0 saturated heterocycles. The molecule has 4 nitrogen and oxygen atoms in total. The summed E-state index contributed by atoms with van der Waals surface area (Å²) < 4.78 is 5.74. The first-order valence-electron chi connectivity index (χ1n) is 7.64. The van der Waals surface area contributed by atoms with E-state index in [2.05, 4.69) is 12.2 Å². The normalized spacial score (nSPS) is 22.5. The molecule has 4 heteroatoms. The van der Waals surface area contributed by atoms with Gasteiger partial charge in [-0.2, -0.15) is 0 Å². The van der Waals surface area contributed by atoms with Crippen LogP contribution in [-0.4, -0.2) is 17.1 Å². The van der Waals surface area contributed by atoms with Crippen molar-refractivity contribution in [2.24, 2.45) is 5.92 Å². The number of nitrogens with one attached hydrogen (secondary N) is 1. The fraction of sp³-hybridized carbons (Fsp3) is 0.471. The van der Waals surface area contributed by atoms with Crippen molar-refractivity contribution in [1.82, 2.24) is 5.32 Å². The van der Waals surface area contributed by atoms with Gasteiger partial charge in [-0.25, -0.2) is 4.79 Å². The molecular formula is C17H21NO3. The van der Waals surface area contributed by atoms with E-state index in [0.717, 1.165) is 6.42 Å². The summed E-state index contributed by atoms with van der Waals surface area (Å²) in [4.78, 5) is 11.5. The third-order valence-corrected chi connectivity index (χ3v) is 4.52. The molecular weight excluding hydrogens is 266 g/mol. The third kappa shape index (κ3) is 2.81. The highest BCUT2D eigenvalue weighted by Gasteiger charge is 2.24. The minimum Gasteiger partial charge on any atom is -0.478 e. The second-order valence-corrected chi connectivity index (χ2v) is 5.95. The lowest BCUT2D eigenvalue weighted by Gasteiger charge is -2.29. The van der Waals surface area contributed by atoms with Gasteiger partial charge in [-0.3, -0.25) is 0 Å². The van der Waals surface area contributed by atoms with E-state index in [9.17, 15) is 9.90 Å². The van der Waals surface area contributed by atoms with Gasteiger partial charge in [0, 0.05) is 11.4 Å². The van der Waals surface area contributed by atoms with Crippen molar-refractivity contribution in [3.05, 3.63) is 35.6 Å². The minimum absolute atomic E-state index is 0.293. The maximum atomic E-state index is 11.5. The maximum absolute atomic E-state index is 11.5. The molecule has 2 aromatic rings. The monoisotopic (exact) mass is 287 g/mol. The van der Waals surface area contributed by atoms with Crippen LogP contribution >= 0.6 is 0 Å². The number of aromatic carboxylic acids is 1. The van der Waals surface area contributed by atoms with Gasteiger partial charge in [0.05, 0.1) is 6.54 Å². The van der Waals surface area contributed by atoms with Crippen molar-refractivity contribution >= 4 is 16.9 Å². The Bertz CT molecular complexity index is 647. The highest BCUT2D eigenvalue weighted by atomic mass is 16.4. The number of carboxylic acids is 1. The number of fused-ring (bicyclic) bond motifs is 1. The number of furan rings is 1. The molecule has 1 fully saturated rings. The molecule has 0 bridgehead atoms. The fourth-order valence-corrected chi connectivity index (χ4v) is 3.30. The highest BCUT2D eigenvalue weighted by molar-refractivity contribution is 6.03. The van der Waals surface area contributed by atoms with Crippen LogP contribution in [0.5, 0.6) is 0 Å². The molecule has 2 N–H and O–H groups in total. The van der Waals surface area contributed by atoms with Crippen LogP contribution in [0.1, 0.15) is 48.7 Å². The first kappa shape index (κ1) is 14.1. The molecule has 1 aromatic heterocycles. The molecule has 1 saturated carbocycles. The Hall–Kier alpha value is -1.81. The van der Waals surface area contributed by atoms with E-state index in [4.69, 9.17) is 4.42 Å². The molecule has 0 amide bonds. The van der Waals surface area contributed by atoms with Gasteiger partial charge < -0.3 is 14.8 Å². The zero-order valence-electron chi connectivity index (χ0n) is 12.3. The Balaban J connectivity index is 1.83. The van der Waals surface area contributed by atoms with Gasteiger partial charge in [-0.15, -0.1) is 0 Å². The summed E-state index contributed by atoms with van der Waals surface area (Å²) in [6.45, 7) is 2.74. The predicted octanol–water partition coefficient (Wildman–Crippen LogP) is 3.80. The molecule has 0 aliphatic heterocycles. The average Bonchev–Trinajstić information content (AvgIpc) is 2.85. The summed E-state index contributed by atoms with van der Waals surface area (Å²) in [6.07, 6.45) is 4.94. The lowest BCUT2D eigenvalue weighted by atomic mass is 9.86. The van der Waals surface area contributed by atoms with E-state index in [1.165, 1.54) is 19.3 Å². The zero-order chi connectivity index (χ0) is 14.8. The van der Waals surface area contributed by atoms with Gasteiger partial charge in [-0.05, 0) is 24.8 Å². The molecule has 2 unspecified atom stereocenters. The SMILES string of the molecule is CC1CCCCC1NCc1oc2ccccc2c1C(=O)O. The first-order chi connectivity index (χ1) is 10.2. The largest absolute Gasteiger partial charge is 0.478 e. The quantitative estimate of drug-likeness (QED) is 0.898.